The Kier molecular flexibility index (Phi) is 6.36. The van der Waals surface area contributed by atoms with Crippen LogP contribution in [-0.2, 0) is 9.53 Å². The van der Waals surface area contributed by atoms with Crippen molar-refractivity contribution < 1.29 is 19.4 Å². The molecule has 0 aliphatic rings. The topological polar surface area (TPSA) is 55.8 Å². The van der Waals surface area contributed by atoms with Gasteiger partial charge in [-0.15, -0.1) is 0 Å². The lowest BCUT2D eigenvalue weighted by Crippen LogP contribution is -2.21. The molecule has 0 bridgehead atoms. The number of carbonyl (C=O) groups excluding carboxylic acids is 1. The Morgan fingerprint density at radius 1 is 1.32 bits per heavy atom. The fourth-order valence-corrected chi connectivity index (χ4v) is 1.66. The first-order valence-electron chi connectivity index (χ1n) is 6.54. The predicted octanol–water partition coefficient (Wildman–Crippen LogP) is 2.50. The van der Waals surface area contributed by atoms with Crippen LogP contribution < -0.4 is 4.74 Å². The van der Waals surface area contributed by atoms with Crippen LogP contribution in [0.2, 0.25) is 0 Å². The van der Waals surface area contributed by atoms with Crippen LogP contribution in [0, 0.1) is 0 Å². The Bertz CT molecular complexity index is 386. The van der Waals surface area contributed by atoms with E-state index in [4.69, 9.17) is 4.74 Å². The molecule has 0 aromatic heterocycles. The van der Waals surface area contributed by atoms with Gasteiger partial charge in [-0.3, -0.25) is 4.79 Å². The lowest BCUT2D eigenvalue weighted by atomic mass is 9.99. The molecule has 19 heavy (non-hydrogen) atoms. The molecule has 0 saturated heterocycles. The van der Waals surface area contributed by atoms with Crippen molar-refractivity contribution in [2.75, 3.05) is 13.7 Å². The average Bonchev–Trinajstić information content (AvgIpc) is 2.44. The van der Waals surface area contributed by atoms with Crippen molar-refractivity contribution in [1.29, 1.82) is 0 Å². The van der Waals surface area contributed by atoms with Crippen molar-refractivity contribution in [3.63, 3.8) is 0 Å². The number of hydrogen-bond donors (Lipinski definition) is 1. The summed E-state index contributed by atoms with van der Waals surface area (Å²) in [4.78, 5) is 10.9. The van der Waals surface area contributed by atoms with Crippen molar-refractivity contribution >= 4 is 5.97 Å². The highest BCUT2D eigenvalue weighted by molar-refractivity contribution is 5.69. The third kappa shape index (κ3) is 5.30. The Morgan fingerprint density at radius 3 is 2.47 bits per heavy atom. The van der Waals surface area contributed by atoms with Crippen molar-refractivity contribution in [3.8, 4) is 5.75 Å². The zero-order valence-corrected chi connectivity index (χ0v) is 11.8. The summed E-state index contributed by atoms with van der Waals surface area (Å²) in [6.07, 6.45) is 0.196. The van der Waals surface area contributed by atoms with Crippen LogP contribution in [0.5, 0.6) is 5.75 Å². The second kappa shape index (κ2) is 7.79. The molecule has 1 rings (SSSR count). The Morgan fingerprint density at radius 2 is 1.95 bits per heavy atom. The summed E-state index contributed by atoms with van der Waals surface area (Å²) in [5, 5.41) is 9.57. The second-order valence-electron chi connectivity index (χ2n) is 4.62. The van der Waals surface area contributed by atoms with Gasteiger partial charge in [0.2, 0.25) is 0 Å². The minimum Gasteiger partial charge on any atom is -0.491 e. The van der Waals surface area contributed by atoms with E-state index in [1.165, 1.54) is 12.7 Å². The van der Waals surface area contributed by atoms with Crippen LogP contribution in [0.4, 0.5) is 0 Å². The van der Waals surface area contributed by atoms with E-state index in [0.29, 0.717) is 11.7 Å². The summed E-state index contributed by atoms with van der Waals surface area (Å²) in [5.41, 5.74) is 1.27. The summed E-state index contributed by atoms with van der Waals surface area (Å²) in [6.45, 7) is 4.41. The molecule has 0 fully saturated rings. The molecule has 0 saturated carbocycles. The summed E-state index contributed by atoms with van der Waals surface area (Å²) < 4.78 is 9.90. The van der Waals surface area contributed by atoms with Gasteiger partial charge in [0, 0.05) is 0 Å². The molecule has 1 aromatic carbocycles. The quantitative estimate of drug-likeness (QED) is 0.770. The zero-order chi connectivity index (χ0) is 14.3. The van der Waals surface area contributed by atoms with E-state index in [1.54, 1.807) is 0 Å². The molecule has 0 heterocycles. The zero-order valence-electron chi connectivity index (χ0n) is 11.8. The minimum absolute atomic E-state index is 0.0541. The lowest BCUT2D eigenvalue weighted by Gasteiger charge is -2.13. The first-order chi connectivity index (χ1) is 9.06. The van der Waals surface area contributed by atoms with E-state index >= 15 is 0 Å². The molecule has 0 radical (unpaired) electrons. The highest BCUT2D eigenvalue weighted by atomic mass is 16.5. The Hall–Kier alpha value is -1.55. The van der Waals surface area contributed by atoms with E-state index in [0.717, 1.165) is 6.42 Å². The number of ether oxygens (including phenoxy) is 2. The average molecular weight is 266 g/mol. The molecule has 106 valence electrons. The number of esters is 1. The number of aliphatic hydroxyl groups excluding tert-OH is 1. The number of aliphatic hydroxyl groups is 1. The van der Waals surface area contributed by atoms with Gasteiger partial charge in [-0.05, 0) is 30.0 Å². The van der Waals surface area contributed by atoms with Gasteiger partial charge in [0.05, 0.1) is 19.6 Å². The Balaban J connectivity index is 2.43. The molecule has 0 aliphatic heterocycles. The van der Waals surface area contributed by atoms with Gasteiger partial charge in [-0.2, -0.15) is 0 Å². The van der Waals surface area contributed by atoms with Crippen molar-refractivity contribution in [2.45, 2.75) is 38.7 Å². The van der Waals surface area contributed by atoms with Crippen molar-refractivity contribution in [2.24, 2.45) is 0 Å². The number of carbonyl (C=O) groups is 1. The third-order valence-corrected chi connectivity index (χ3v) is 3.13. The van der Waals surface area contributed by atoms with Gasteiger partial charge in [-0.25, -0.2) is 0 Å². The third-order valence-electron chi connectivity index (χ3n) is 3.13. The lowest BCUT2D eigenvalue weighted by molar-refractivity contribution is -0.143. The van der Waals surface area contributed by atoms with Gasteiger partial charge in [0.1, 0.15) is 12.4 Å². The van der Waals surface area contributed by atoms with E-state index in [2.05, 4.69) is 18.6 Å². The monoisotopic (exact) mass is 266 g/mol. The highest BCUT2D eigenvalue weighted by Crippen LogP contribution is 2.21. The molecule has 0 unspecified atom stereocenters. The highest BCUT2D eigenvalue weighted by Gasteiger charge is 2.11. The second-order valence-corrected chi connectivity index (χ2v) is 4.62. The van der Waals surface area contributed by atoms with Gasteiger partial charge < -0.3 is 14.6 Å². The fraction of sp³-hybridized carbons (Fsp3) is 0.533. The van der Waals surface area contributed by atoms with Gasteiger partial charge in [0.25, 0.3) is 0 Å². The van der Waals surface area contributed by atoms with Gasteiger partial charge >= 0.3 is 5.97 Å². The minimum atomic E-state index is -0.846. The number of rotatable bonds is 7. The van der Waals surface area contributed by atoms with E-state index < -0.39 is 12.1 Å². The molecule has 0 aliphatic carbocycles. The molecular formula is C15H22O4. The van der Waals surface area contributed by atoms with Crippen molar-refractivity contribution in [3.05, 3.63) is 29.8 Å². The maximum atomic E-state index is 10.9. The standard InChI is InChI=1S/C15H22O4/c1-4-11(2)12-5-7-14(8-6-12)19-10-13(16)9-15(17)18-3/h5-8,11,13,16H,4,9-10H2,1-3H3/t11-,13+/m0/s1. The summed E-state index contributed by atoms with van der Waals surface area (Å²) in [6, 6.07) is 7.81. The molecule has 1 N–H and O–H groups in total. The molecule has 1 aromatic rings. The van der Waals surface area contributed by atoms with E-state index in [1.807, 2.05) is 24.3 Å². The molecule has 0 amide bonds. The summed E-state index contributed by atoms with van der Waals surface area (Å²) >= 11 is 0. The molecule has 0 spiro atoms. The van der Waals surface area contributed by atoms with Crippen LogP contribution in [0.1, 0.15) is 38.2 Å². The largest absolute Gasteiger partial charge is 0.491 e. The SMILES string of the molecule is CC[C@H](C)c1ccc(OC[C@H](O)CC(=O)OC)cc1. The van der Waals surface area contributed by atoms with Crippen LogP contribution in [0.25, 0.3) is 0 Å². The normalized spacial score (nSPS) is 13.7. The van der Waals surface area contributed by atoms with Crippen LogP contribution in [-0.4, -0.2) is 30.9 Å². The fourth-order valence-electron chi connectivity index (χ4n) is 1.66. The smallest absolute Gasteiger partial charge is 0.308 e. The number of hydrogen-bond acceptors (Lipinski definition) is 4. The first kappa shape index (κ1) is 15.5. The van der Waals surface area contributed by atoms with Crippen LogP contribution in [0.15, 0.2) is 24.3 Å². The molecule has 2 atom stereocenters. The van der Waals surface area contributed by atoms with E-state index in [-0.39, 0.29) is 13.0 Å². The summed E-state index contributed by atoms with van der Waals surface area (Å²) in [5.74, 6) is 0.776. The van der Waals surface area contributed by atoms with Crippen LogP contribution >= 0.6 is 0 Å². The maximum absolute atomic E-state index is 10.9. The van der Waals surface area contributed by atoms with Crippen molar-refractivity contribution in [1.82, 2.24) is 0 Å². The predicted molar refractivity (Wildman–Crippen MR) is 73.3 cm³/mol. The molecule has 4 heteroatoms. The van der Waals surface area contributed by atoms with Crippen LogP contribution in [0.3, 0.4) is 0 Å². The molecular weight excluding hydrogens is 244 g/mol. The maximum Gasteiger partial charge on any atom is 0.308 e. The van der Waals surface area contributed by atoms with E-state index in [9.17, 15) is 9.90 Å². The number of methoxy groups -OCH3 is 1. The first-order valence-corrected chi connectivity index (χ1v) is 6.54. The van der Waals surface area contributed by atoms with Gasteiger partial charge in [-0.1, -0.05) is 26.0 Å². The Labute approximate surface area is 114 Å². The van der Waals surface area contributed by atoms with Gasteiger partial charge in [0.15, 0.2) is 0 Å². The summed E-state index contributed by atoms with van der Waals surface area (Å²) in [7, 11) is 1.30. The number of benzene rings is 1. The molecule has 4 nitrogen and oxygen atoms in total.